The van der Waals surface area contributed by atoms with E-state index in [-0.39, 0.29) is 0 Å². The Morgan fingerprint density at radius 3 is 2.82 bits per heavy atom. The van der Waals surface area contributed by atoms with E-state index < -0.39 is 5.97 Å². The third kappa shape index (κ3) is 5.90. The van der Waals surface area contributed by atoms with Crippen molar-refractivity contribution in [3.05, 3.63) is 65.6 Å². The number of hydrogen-bond acceptors (Lipinski definition) is 5. The lowest BCUT2D eigenvalue weighted by molar-refractivity contribution is 0.0599. The molecule has 1 heterocycles. The van der Waals surface area contributed by atoms with Crippen molar-refractivity contribution in [1.82, 2.24) is 10.6 Å². The van der Waals surface area contributed by atoms with Gasteiger partial charge in [0.2, 0.25) is 0 Å². The van der Waals surface area contributed by atoms with Crippen LogP contribution in [-0.4, -0.2) is 32.2 Å². The number of methoxy groups -OCH3 is 1. The summed E-state index contributed by atoms with van der Waals surface area (Å²) in [6.45, 7) is 9.39. The maximum Gasteiger partial charge on any atom is 0.341 e. The lowest BCUT2D eigenvalue weighted by Crippen LogP contribution is -2.36. The van der Waals surface area contributed by atoms with Gasteiger partial charge in [0.1, 0.15) is 29.4 Å². The predicted octanol–water partition coefficient (Wildman–Crippen LogP) is 3.19. The second-order valence-electron chi connectivity index (χ2n) is 5.93. The average molecular weight is 385 g/mol. The molecule has 0 aliphatic heterocycles. The van der Waals surface area contributed by atoms with E-state index >= 15 is 0 Å². The SMILES string of the molecule is C=CCOc1ccccc1CN=C(NCC)NCc1cc(C(=O)OC)c(C)o1. The Hall–Kier alpha value is -3.22. The van der Waals surface area contributed by atoms with E-state index in [1.165, 1.54) is 7.11 Å². The summed E-state index contributed by atoms with van der Waals surface area (Å²) in [5, 5.41) is 6.39. The average Bonchev–Trinajstić information content (AvgIpc) is 3.09. The van der Waals surface area contributed by atoms with Gasteiger partial charge in [0.15, 0.2) is 5.96 Å². The third-order valence-corrected chi connectivity index (χ3v) is 3.89. The lowest BCUT2D eigenvalue weighted by atomic mass is 10.2. The van der Waals surface area contributed by atoms with Crippen molar-refractivity contribution < 1.29 is 18.7 Å². The number of rotatable bonds is 9. The van der Waals surface area contributed by atoms with E-state index in [1.54, 1.807) is 19.1 Å². The standard InChI is InChI=1S/C21H27N3O4/c1-5-11-27-19-10-8-7-9-16(19)13-23-21(22-6-2)24-14-17-12-18(15(3)28-17)20(25)26-4/h5,7-10,12H,1,6,11,13-14H2,2-4H3,(H2,22,23,24). The zero-order chi connectivity index (χ0) is 20.4. The summed E-state index contributed by atoms with van der Waals surface area (Å²) in [6, 6.07) is 9.44. The number of aryl methyl sites for hydroxylation is 1. The van der Waals surface area contributed by atoms with E-state index in [0.29, 0.717) is 49.3 Å². The molecule has 0 radical (unpaired) electrons. The number of carbonyl (C=O) groups is 1. The van der Waals surface area contributed by atoms with Crippen LogP contribution in [-0.2, 0) is 17.8 Å². The number of ether oxygens (including phenoxy) is 2. The van der Waals surface area contributed by atoms with Gasteiger partial charge in [0.05, 0.1) is 20.2 Å². The molecular formula is C21H27N3O4. The molecule has 0 spiro atoms. The minimum atomic E-state index is -0.413. The predicted molar refractivity (Wildman–Crippen MR) is 109 cm³/mol. The number of nitrogens with one attached hydrogen (secondary N) is 2. The van der Waals surface area contributed by atoms with E-state index in [9.17, 15) is 4.79 Å². The molecule has 1 aromatic heterocycles. The molecule has 2 N–H and O–H groups in total. The van der Waals surface area contributed by atoms with Gasteiger partial charge in [-0.2, -0.15) is 0 Å². The fourth-order valence-corrected chi connectivity index (χ4v) is 2.54. The first kappa shape index (κ1) is 21.1. The van der Waals surface area contributed by atoms with Crippen molar-refractivity contribution in [1.29, 1.82) is 0 Å². The smallest absolute Gasteiger partial charge is 0.341 e. The van der Waals surface area contributed by atoms with Crippen molar-refractivity contribution >= 4 is 11.9 Å². The van der Waals surface area contributed by atoms with E-state index in [0.717, 1.165) is 11.3 Å². The van der Waals surface area contributed by atoms with Crippen LogP contribution in [0.5, 0.6) is 5.75 Å². The zero-order valence-corrected chi connectivity index (χ0v) is 16.6. The summed E-state index contributed by atoms with van der Waals surface area (Å²) in [7, 11) is 1.35. The molecule has 2 aromatic rings. The van der Waals surface area contributed by atoms with Crippen molar-refractivity contribution in [2.75, 3.05) is 20.3 Å². The molecule has 0 fully saturated rings. The Balaban J connectivity index is 2.05. The summed E-state index contributed by atoms with van der Waals surface area (Å²) in [6.07, 6.45) is 1.71. The zero-order valence-electron chi connectivity index (χ0n) is 16.6. The van der Waals surface area contributed by atoms with Gasteiger partial charge in [0, 0.05) is 12.1 Å². The van der Waals surface area contributed by atoms with E-state index in [4.69, 9.17) is 13.9 Å². The summed E-state index contributed by atoms with van der Waals surface area (Å²) in [4.78, 5) is 16.3. The minimum absolute atomic E-state index is 0.387. The molecule has 150 valence electrons. The monoisotopic (exact) mass is 385 g/mol. The van der Waals surface area contributed by atoms with Gasteiger partial charge in [-0.05, 0) is 26.0 Å². The summed E-state index contributed by atoms with van der Waals surface area (Å²) in [5.74, 6) is 2.15. The van der Waals surface area contributed by atoms with Crippen molar-refractivity contribution in [3.63, 3.8) is 0 Å². The molecule has 1 aromatic carbocycles. The normalized spacial score (nSPS) is 11.0. The Bertz CT molecular complexity index is 827. The fourth-order valence-electron chi connectivity index (χ4n) is 2.54. The van der Waals surface area contributed by atoms with Crippen LogP contribution in [0.25, 0.3) is 0 Å². The number of benzene rings is 1. The summed E-state index contributed by atoms with van der Waals surface area (Å²) < 4.78 is 16.0. The quantitative estimate of drug-likeness (QED) is 0.298. The minimum Gasteiger partial charge on any atom is -0.489 e. The van der Waals surface area contributed by atoms with Crippen LogP contribution >= 0.6 is 0 Å². The number of esters is 1. The van der Waals surface area contributed by atoms with Crippen molar-refractivity contribution in [2.24, 2.45) is 4.99 Å². The number of hydrogen-bond donors (Lipinski definition) is 2. The highest BCUT2D eigenvalue weighted by Gasteiger charge is 2.15. The highest BCUT2D eigenvalue weighted by atomic mass is 16.5. The van der Waals surface area contributed by atoms with Gasteiger partial charge in [0.25, 0.3) is 0 Å². The first-order valence-electron chi connectivity index (χ1n) is 9.10. The second-order valence-corrected chi connectivity index (χ2v) is 5.93. The highest BCUT2D eigenvalue weighted by Crippen LogP contribution is 2.19. The molecule has 0 saturated heterocycles. The van der Waals surface area contributed by atoms with Gasteiger partial charge in [-0.25, -0.2) is 9.79 Å². The Kier molecular flexibility index (Phi) is 8.14. The molecular weight excluding hydrogens is 358 g/mol. The Morgan fingerprint density at radius 1 is 1.32 bits per heavy atom. The Morgan fingerprint density at radius 2 is 2.11 bits per heavy atom. The molecule has 0 aliphatic carbocycles. The summed E-state index contributed by atoms with van der Waals surface area (Å²) >= 11 is 0. The van der Waals surface area contributed by atoms with Crippen LogP contribution in [0.3, 0.4) is 0 Å². The molecule has 0 unspecified atom stereocenters. The van der Waals surface area contributed by atoms with E-state index in [1.807, 2.05) is 31.2 Å². The number of aliphatic imine (C=N–C) groups is 1. The molecule has 7 nitrogen and oxygen atoms in total. The molecule has 7 heteroatoms. The first-order chi connectivity index (χ1) is 13.6. The molecule has 0 amide bonds. The maximum atomic E-state index is 11.7. The number of furan rings is 1. The molecule has 0 aliphatic rings. The van der Waals surface area contributed by atoms with Crippen molar-refractivity contribution in [3.8, 4) is 5.75 Å². The first-order valence-corrected chi connectivity index (χ1v) is 9.10. The van der Waals surface area contributed by atoms with Crippen molar-refractivity contribution in [2.45, 2.75) is 26.9 Å². The van der Waals surface area contributed by atoms with Crippen LogP contribution in [0.4, 0.5) is 0 Å². The molecule has 0 saturated carbocycles. The number of guanidine groups is 1. The van der Waals surface area contributed by atoms with Gasteiger partial charge >= 0.3 is 5.97 Å². The van der Waals surface area contributed by atoms with Gasteiger partial charge in [-0.15, -0.1) is 0 Å². The van der Waals surface area contributed by atoms with Crippen LogP contribution in [0.2, 0.25) is 0 Å². The number of carbonyl (C=O) groups excluding carboxylic acids is 1. The molecule has 0 atom stereocenters. The number of nitrogens with zero attached hydrogens (tertiary/aromatic N) is 1. The molecule has 2 rings (SSSR count). The van der Waals surface area contributed by atoms with E-state index in [2.05, 4.69) is 22.2 Å². The topological polar surface area (TPSA) is 85.1 Å². The Labute approximate surface area is 165 Å². The van der Waals surface area contributed by atoms with Crippen LogP contribution < -0.4 is 15.4 Å². The second kappa shape index (κ2) is 10.8. The van der Waals surface area contributed by atoms with Gasteiger partial charge in [-0.3, -0.25) is 0 Å². The van der Waals surface area contributed by atoms with Crippen LogP contribution in [0, 0.1) is 6.92 Å². The van der Waals surface area contributed by atoms with Crippen LogP contribution in [0.1, 0.15) is 34.4 Å². The number of para-hydroxylation sites is 1. The highest BCUT2D eigenvalue weighted by molar-refractivity contribution is 5.90. The maximum absolute atomic E-state index is 11.7. The van der Waals surface area contributed by atoms with Gasteiger partial charge in [-0.1, -0.05) is 30.9 Å². The fraction of sp³-hybridized carbons (Fsp3) is 0.333. The van der Waals surface area contributed by atoms with Crippen LogP contribution in [0.15, 0.2) is 52.4 Å². The third-order valence-electron chi connectivity index (χ3n) is 3.89. The largest absolute Gasteiger partial charge is 0.489 e. The molecule has 0 bridgehead atoms. The summed E-state index contributed by atoms with van der Waals surface area (Å²) in [5.41, 5.74) is 1.40. The lowest BCUT2D eigenvalue weighted by Gasteiger charge is -2.12. The van der Waals surface area contributed by atoms with Gasteiger partial charge < -0.3 is 24.5 Å². The molecule has 28 heavy (non-hydrogen) atoms.